The zero-order valence-electron chi connectivity index (χ0n) is 9.32. The van der Waals surface area contributed by atoms with Crippen molar-refractivity contribution in [2.24, 2.45) is 0 Å². The molecule has 82 valence electrons. The first-order valence-corrected chi connectivity index (χ1v) is 5.70. The molecule has 15 heavy (non-hydrogen) atoms. The SMILES string of the molecule is Cc1ccccc1CN1CCCC1CO. The lowest BCUT2D eigenvalue weighted by molar-refractivity contribution is 0.153. The van der Waals surface area contributed by atoms with Crippen LogP contribution in [0.1, 0.15) is 24.0 Å². The average Bonchev–Trinajstić information content (AvgIpc) is 2.69. The van der Waals surface area contributed by atoms with E-state index in [1.807, 2.05) is 0 Å². The van der Waals surface area contributed by atoms with Crippen LogP contribution in [0.5, 0.6) is 0 Å². The van der Waals surface area contributed by atoms with Gasteiger partial charge in [-0.15, -0.1) is 0 Å². The molecule has 1 heterocycles. The smallest absolute Gasteiger partial charge is 0.0587 e. The van der Waals surface area contributed by atoms with Gasteiger partial charge in [0.05, 0.1) is 6.61 Å². The number of hydrogen-bond donors (Lipinski definition) is 1. The van der Waals surface area contributed by atoms with Crippen molar-refractivity contribution in [3.8, 4) is 0 Å². The Morgan fingerprint density at radius 1 is 1.40 bits per heavy atom. The van der Waals surface area contributed by atoms with E-state index in [9.17, 15) is 5.11 Å². The summed E-state index contributed by atoms with van der Waals surface area (Å²) in [6.45, 7) is 4.56. The largest absolute Gasteiger partial charge is 0.395 e. The van der Waals surface area contributed by atoms with Crippen LogP contribution in [-0.4, -0.2) is 29.2 Å². The summed E-state index contributed by atoms with van der Waals surface area (Å²) in [4.78, 5) is 2.39. The maximum Gasteiger partial charge on any atom is 0.0587 e. The van der Waals surface area contributed by atoms with E-state index in [1.54, 1.807) is 0 Å². The van der Waals surface area contributed by atoms with Gasteiger partial charge in [-0.25, -0.2) is 0 Å². The van der Waals surface area contributed by atoms with Crippen LogP contribution in [0, 0.1) is 6.92 Å². The first-order valence-electron chi connectivity index (χ1n) is 5.70. The Hall–Kier alpha value is -0.860. The fourth-order valence-electron chi connectivity index (χ4n) is 2.32. The van der Waals surface area contributed by atoms with Gasteiger partial charge in [0, 0.05) is 12.6 Å². The number of hydrogen-bond acceptors (Lipinski definition) is 2. The van der Waals surface area contributed by atoms with E-state index in [-0.39, 0.29) is 0 Å². The molecule has 2 rings (SSSR count). The highest BCUT2D eigenvalue weighted by molar-refractivity contribution is 5.25. The van der Waals surface area contributed by atoms with Crippen molar-refractivity contribution in [2.75, 3.05) is 13.2 Å². The summed E-state index contributed by atoms with van der Waals surface area (Å²) in [5.74, 6) is 0. The van der Waals surface area contributed by atoms with Crippen LogP contribution in [0.2, 0.25) is 0 Å². The highest BCUT2D eigenvalue weighted by Crippen LogP contribution is 2.20. The molecule has 1 aliphatic rings. The van der Waals surface area contributed by atoms with Crippen LogP contribution in [0.15, 0.2) is 24.3 Å². The summed E-state index contributed by atoms with van der Waals surface area (Å²) < 4.78 is 0. The molecule has 1 saturated heterocycles. The van der Waals surface area contributed by atoms with Crippen LogP contribution in [0.3, 0.4) is 0 Å². The van der Waals surface area contributed by atoms with Gasteiger partial charge >= 0.3 is 0 Å². The molecule has 0 amide bonds. The standard InChI is InChI=1S/C13H19NO/c1-11-5-2-3-6-12(11)9-14-8-4-7-13(14)10-15/h2-3,5-6,13,15H,4,7-10H2,1H3. The predicted octanol–water partition coefficient (Wildman–Crippen LogP) is 1.95. The molecule has 1 aliphatic heterocycles. The van der Waals surface area contributed by atoms with Crippen molar-refractivity contribution < 1.29 is 5.11 Å². The molecule has 0 aliphatic carbocycles. The maximum absolute atomic E-state index is 9.24. The van der Waals surface area contributed by atoms with Crippen LogP contribution < -0.4 is 0 Å². The molecule has 0 bridgehead atoms. The Bertz CT molecular complexity index is 324. The molecule has 0 spiro atoms. The van der Waals surface area contributed by atoms with Crippen molar-refractivity contribution in [3.63, 3.8) is 0 Å². The van der Waals surface area contributed by atoms with Crippen molar-refractivity contribution in [3.05, 3.63) is 35.4 Å². The van der Waals surface area contributed by atoms with E-state index in [0.717, 1.165) is 19.5 Å². The molecule has 1 unspecified atom stereocenters. The molecular formula is C13H19NO. The molecular weight excluding hydrogens is 186 g/mol. The Balaban J connectivity index is 2.05. The molecule has 1 atom stereocenters. The van der Waals surface area contributed by atoms with Crippen LogP contribution >= 0.6 is 0 Å². The van der Waals surface area contributed by atoms with Crippen LogP contribution in [-0.2, 0) is 6.54 Å². The topological polar surface area (TPSA) is 23.5 Å². The lowest BCUT2D eigenvalue weighted by Crippen LogP contribution is -2.31. The monoisotopic (exact) mass is 205 g/mol. The van der Waals surface area contributed by atoms with Crippen LogP contribution in [0.25, 0.3) is 0 Å². The van der Waals surface area contributed by atoms with Gasteiger partial charge < -0.3 is 5.11 Å². The molecule has 0 aromatic heterocycles. The van der Waals surface area contributed by atoms with Crippen LogP contribution in [0.4, 0.5) is 0 Å². The van der Waals surface area contributed by atoms with E-state index in [4.69, 9.17) is 0 Å². The third-order valence-electron chi connectivity index (χ3n) is 3.34. The lowest BCUT2D eigenvalue weighted by atomic mass is 10.1. The van der Waals surface area contributed by atoms with E-state index in [1.165, 1.54) is 17.5 Å². The zero-order valence-corrected chi connectivity index (χ0v) is 9.32. The highest BCUT2D eigenvalue weighted by atomic mass is 16.3. The molecule has 2 nitrogen and oxygen atoms in total. The van der Waals surface area contributed by atoms with E-state index in [0.29, 0.717) is 12.6 Å². The second kappa shape index (κ2) is 4.77. The minimum Gasteiger partial charge on any atom is -0.395 e. The summed E-state index contributed by atoms with van der Waals surface area (Å²) >= 11 is 0. The normalized spacial score (nSPS) is 22.1. The first-order chi connectivity index (χ1) is 7.31. The van der Waals surface area contributed by atoms with E-state index < -0.39 is 0 Å². The fourth-order valence-corrected chi connectivity index (χ4v) is 2.32. The molecule has 1 N–H and O–H groups in total. The summed E-state index contributed by atoms with van der Waals surface area (Å²) in [5.41, 5.74) is 2.74. The van der Waals surface area contributed by atoms with Crippen molar-refractivity contribution >= 4 is 0 Å². The number of aliphatic hydroxyl groups is 1. The van der Waals surface area contributed by atoms with E-state index >= 15 is 0 Å². The van der Waals surface area contributed by atoms with Crippen molar-refractivity contribution in [1.82, 2.24) is 4.90 Å². The minimum absolute atomic E-state index is 0.298. The van der Waals surface area contributed by atoms with Gasteiger partial charge in [0.1, 0.15) is 0 Å². The third-order valence-corrected chi connectivity index (χ3v) is 3.34. The van der Waals surface area contributed by atoms with Gasteiger partial charge in [0.25, 0.3) is 0 Å². The van der Waals surface area contributed by atoms with Gasteiger partial charge in [-0.05, 0) is 37.4 Å². The van der Waals surface area contributed by atoms with Gasteiger partial charge in [0.15, 0.2) is 0 Å². The number of nitrogens with zero attached hydrogens (tertiary/aromatic N) is 1. The molecule has 2 heteroatoms. The Morgan fingerprint density at radius 2 is 2.20 bits per heavy atom. The summed E-state index contributed by atoms with van der Waals surface area (Å²) in [7, 11) is 0. The number of rotatable bonds is 3. The lowest BCUT2D eigenvalue weighted by Gasteiger charge is -2.23. The number of benzene rings is 1. The summed E-state index contributed by atoms with van der Waals surface area (Å²) in [6.07, 6.45) is 2.36. The highest BCUT2D eigenvalue weighted by Gasteiger charge is 2.23. The first kappa shape index (κ1) is 10.7. The van der Waals surface area contributed by atoms with Gasteiger partial charge in [-0.2, -0.15) is 0 Å². The Kier molecular flexibility index (Phi) is 3.39. The second-order valence-electron chi connectivity index (χ2n) is 4.38. The number of aryl methyl sites for hydroxylation is 1. The van der Waals surface area contributed by atoms with E-state index in [2.05, 4.69) is 36.1 Å². The zero-order chi connectivity index (χ0) is 10.7. The predicted molar refractivity (Wildman–Crippen MR) is 61.7 cm³/mol. The third kappa shape index (κ3) is 2.39. The molecule has 1 fully saturated rings. The molecule has 1 aromatic rings. The minimum atomic E-state index is 0.298. The van der Waals surface area contributed by atoms with Gasteiger partial charge in [-0.3, -0.25) is 4.90 Å². The van der Waals surface area contributed by atoms with Gasteiger partial charge in [-0.1, -0.05) is 24.3 Å². The summed E-state index contributed by atoms with van der Waals surface area (Å²) in [6, 6.07) is 8.88. The van der Waals surface area contributed by atoms with Crippen molar-refractivity contribution in [2.45, 2.75) is 32.4 Å². The van der Waals surface area contributed by atoms with Gasteiger partial charge in [0.2, 0.25) is 0 Å². The number of aliphatic hydroxyl groups excluding tert-OH is 1. The Morgan fingerprint density at radius 3 is 2.93 bits per heavy atom. The molecule has 1 aromatic carbocycles. The molecule has 0 saturated carbocycles. The maximum atomic E-state index is 9.24. The quantitative estimate of drug-likeness (QED) is 0.815. The van der Waals surface area contributed by atoms with Crippen molar-refractivity contribution in [1.29, 1.82) is 0 Å². The fraction of sp³-hybridized carbons (Fsp3) is 0.538. The molecule has 0 radical (unpaired) electrons. The second-order valence-corrected chi connectivity index (χ2v) is 4.38. The average molecular weight is 205 g/mol. The summed E-state index contributed by atoms with van der Waals surface area (Å²) in [5, 5.41) is 9.24. The number of likely N-dealkylation sites (tertiary alicyclic amines) is 1. The Labute approximate surface area is 91.5 Å².